The number of hydrogen-bond donors (Lipinski definition) is 2. The van der Waals surface area contributed by atoms with Crippen LogP contribution in [-0.2, 0) is 9.59 Å². The van der Waals surface area contributed by atoms with Crippen molar-refractivity contribution in [1.82, 2.24) is 5.32 Å². The Morgan fingerprint density at radius 3 is 2.28 bits per heavy atom. The van der Waals surface area contributed by atoms with Crippen LogP contribution in [0, 0.1) is 0 Å². The zero-order valence-corrected chi connectivity index (χ0v) is 12.1. The second-order valence-corrected chi connectivity index (χ2v) is 5.21. The lowest BCUT2D eigenvalue weighted by atomic mass is 10.1. The lowest BCUT2D eigenvalue weighted by Crippen LogP contribution is -2.45. The lowest BCUT2D eigenvalue weighted by molar-refractivity contribution is -0.870. The van der Waals surface area contributed by atoms with Gasteiger partial charge in [-0.25, -0.2) is 0 Å². The van der Waals surface area contributed by atoms with Gasteiger partial charge in [0.15, 0.2) is 0 Å². The number of nitrogens with zero attached hydrogens (tertiary/aromatic N) is 1. The number of halogens is 1. The molecule has 18 heavy (non-hydrogen) atoms. The molecule has 1 amide bonds. The number of carbonyl (C=O) groups excluding carboxylic acids is 2. The number of unbranched alkanes of at least 4 members (excludes halogenated alkanes) is 1. The van der Waals surface area contributed by atoms with Gasteiger partial charge < -0.3 is 25.4 Å². The first-order valence-electron chi connectivity index (χ1n) is 5.76. The molecule has 3 N–H and O–H groups in total. The Morgan fingerprint density at radius 1 is 1.28 bits per heavy atom. The van der Waals surface area contributed by atoms with Crippen LogP contribution in [0.4, 0.5) is 0 Å². The van der Waals surface area contributed by atoms with E-state index in [0.717, 1.165) is 23.9 Å². The van der Waals surface area contributed by atoms with Gasteiger partial charge >= 0.3 is 0 Å². The van der Waals surface area contributed by atoms with Crippen molar-refractivity contribution in [2.75, 3.05) is 34.2 Å². The van der Waals surface area contributed by atoms with Crippen molar-refractivity contribution in [3.63, 3.8) is 0 Å². The van der Waals surface area contributed by atoms with Crippen molar-refractivity contribution in [2.24, 2.45) is 5.73 Å². The topological polar surface area (TPSA) is 95.2 Å². The molecule has 108 valence electrons. The highest BCUT2D eigenvalue weighted by Crippen LogP contribution is 2.02. The van der Waals surface area contributed by atoms with Gasteiger partial charge in [-0.1, -0.05) is 0 Å². The molecule has 0 aliphatic heterocycles. The van der Waals surface area contributed by atoms with E-state index in [1.54, 1.807) is 0 Å². The van der Waals surface area contributed by atoms with Crippen molar-refractivity contribution in [2.45, 2.75) is 25.3 Å². The SMILES string of the molecule is C[N+](C)(C)CCCC[C@H](N)C(=O)NCC(=O)[O-].Cl. The van der Waals surface area contributed by atoms with Gasteiger partial charge in [-0.15, -0.1) is 12.4 Å². The first-order valence-corrected chi connectivity index (χ1v) is 5.76. The molecule has 0 saturated heterocycles. The van der Waals surface area contributed by atoms with Crippen LogP contribution in [0.5, 0.6) is 0 Å². The van der Waals surface area contributed by atoms with Gasteiger partial charge in [0, 0.05) is 0 Å². The van der Waals surface area contributed by atoms with Crippen molar-refractivity contribution < 1.29 is 19.2 Å². The van der Waals surface area contributed by atoms with E-state index >= 15 is 0 Å². The summed E-state index contributed by atoms with van der Waals surface area (Å²) in [6, 6.07) is -0.637. The second kappa shape index (κ2) is 9.13. The van der Waals surface area contributed by atoms with Crippen LogP contribution in [0.3, 0.4) is 0 Å². The van der Waals surface area contributed by atoms with Crippen molar-refractivity contribution >= 4 is 24.3 Å². The van der Waals surface area contributed by atoms with E-state index < -0.39 is 24.5 Å². The number of carboxylic acids is 1. The van der Waals surface area contributed by atoms with E-state index in [0.29, 0.717) is 6.42 Å². The van der Waals surface area contributed by atoms with Gasteiger partial charge in [0.2, 0.25) is 5.91 Å². The molecule has 0 aromatic rings. The summed E-state index contributed by atoms with van der Waals surface area (Å²) in [6.45, 7) is 0.540. The zero-order valence-electron chi connectivity index (χ0n) is 11.3. The highest BCUT2D eigenvalue weighted by Gasteiger charge is 2.13. The number of nitrogens with one attached hydrogen (secondary N) is 1. The Morgan fingerprint density at radius 2 is 1.83 bits per heavy atom. The number of hydrogen-bond acceptors (Lipinski definition) is 4. The number of quaternary nitrogens is 1. The van der Waals surface area contributed by atoms with E-state index in [1.807, 2.05) is 0 Å². The van der Waals surface area contributed by atoms with E-state index in [4.69, 9.17) is 5.73 Å². The van der Waals surface area contributed by atoms with Gasteiger partial charge in [-0.2, -0.15) is 0 Å². The molecular weight excluding hydrogens is 258 g/mol. The molecule has 0 fully saturated rings. The predicted molar refractivity (Wildman–Crippen MR) is 70.0 cm³/mol. The molecule has 6 nitrogen and oxygen atoms in total. The van der Waals surface area contributed by atoms with Gasteiger partial charge in [-0.3, -0.25) is 4.79 Å². The first kappa shape index (κ1) is 19.5. The van der Waals surface area contributed by atoms with Gasteiger partial charge in [0.25, 0.3) is 0 Å². The summed E-state index contributed by atoms with van der Waals surface area (Å²) in [5.74, 6) is -1.74. The maximum Gasteiger partial charge on any atom is 0.237 e. The molecular formula is C11H24ClN3O3. The average Bonchev–Trinajstić information content (AvgIpc) is 2.19. The summed E-state index contributed by atoms with van der Waals surface area (Å²) in [7, 11) is 6.31. The third kappa shape index (κ3) is 11.6. The predicted octanol–water partition coefficient (Wildman–Crippen LogP) is -1.52. The first-order chi connectivity index (χ1) is 7.72. The highest BCUT2D eigenvalue weighted by molar-refractivity contribution is 5.85. The smallest absolute Gasteiger partial charge is 0.237 e. The molecule has 0 aromatic heterocycles. The number of rotatable bonds is 8. The molecule has 0 radical (unpaired) electrons. The minimum atomic E-state index is -1.31. The van der Waals surface area contributed by atoms with Crippen LogP contribution in [0.2, 0.25) is 0 Å². The van der Waals surface area contributed by atoms with Crippen LogP contribution < -0.4 is 16.2 Å². The number of carbonyl (C=O) groups is 2. The summed E-state index contributed by atoms with van der Waals surface area (Å²) in [4.78, 5) is 21.4. The van der Waals surface area contributed by atoms with E-state index in [2.05, 4.69) is 26.5 Å². The van der Waals surface area contributed by atoms with Crippen LogP contribution >= 0.6 is 12.4 Å². The van der Waals surface area contributed by atoms with E-state index in [1.165, 1.54) is 0 Å². The quantitative estimate of drug-likeness (QED) is 0.417. The molecule has 1 atom stereocenters. The number of nitrogens with two attached hydrogens (primary N) is 1. The van der Waals surface area contributed by atoms with Crippen LogP contribution in [0.1, 0.15) is 19.3 Å². The Hall–Kier alpha value is -0.850. The molecule has 0 aromatic carbocycles. The Balaban J connectivity index is 0. The standard InChI is InChI=1S/C11H23N3O3.ClH/c1-14(2,3)7-5-4-6-9(12)11(17)13-8-10(15)16;/h9H,4-8,12H2,1-3H3,(H-,13,15,16,17);1H/t9-;/m0./s1. The fraction of sp³-hybridized carbons (Fsp3) is 0.818. The number of aliphatic carboxylic acids is 1. The minimum Gasteiger partial charge on any atom is -0.548 e. The second-order valence-electron chi connectivity index (χ2n) is 5.21. The molecule has 0 saturated carbocycles. The van der Waals surface area contributed by atoms with E-state index in [-0.39, 0.29) is 12.4 Å². The molecule has 0 heterocycles. The molecule has 0 aliphatic carbocycles. The molecule has 0 rings (SSSR count). The monoisotopic (exact) mass is 281 g/mol. The molecule has 0 bridgehead atoms. The maximum atomic E-state index is 11.3. The van der Waals surface area contributed by atoms with Crippen molar-refractivity contribution in [3.8, 4) is 0 Å². The molecule has 7 heteroatoms. The Kier molecular flexibility index (Phi) is 9.88. The van der Waals surface area contributed by atoms with Crippen LogP contribution in [0.15, 0.2) is 0 Å². The van der Waals surface area contributed by atoms with Crippen LogP contribution in [-0.4, -0.2) is 56.6 Å². The Bertz CT molecular complexity index is 267. The largest absolute Gasteiger partial charge is 0.548 e. The molecule has 0 spiro atoms. The van der Waals surface area contributed by atoms with Crippen molar-refractivity contribution in [1.29, 1.82) is 0 Å². The van der Waals surface area contributed by atoms with Gasteiger partial charge in [-0.05, 0) is 19.3 Å². The van der Waals surface area contributed by atoms with E-state index in [9.17, 15) is 14.7 Å². The Labute approximate surface area is 115 Å². The lowest BCUT2D eigenvalue weighted by Gasteiger charge is -2.23. The van der Waals surface area contributed by atoms with Gasteiger partial charge in [0.05, 0.1) is 46.2 Å². The molecule has 0 unspecified atom stereocenters. The highest BCUT2D eigenvalue weighted by atomic mass is 35.5. The molecule has 0 aliphatic rings. The summed E-state index contributed by atoms with van der Waals surface area (Å²) >= 11 is 0. The maximum absolute atomic E-state index is 11.3. The summed E-state index contributed by atoms with van der Waals surface area (Å²) in [5.41, 5.74) is 5.62. The normalized spacial score (nSPS) is 12.4. The summed E-state index contributed by atoms with van der Waals surface area (Å²) < 4.78 is 0.881. The third-order valence-corrected chi connectivity index (χ3v) is 2.34. The third-order valence-electron chi connectivity index (χ3n) is 2.34. The fourth-order valence-electron chi connectivity index (χ4n) is 1.37. The average molecular weight is 282 g/mol. The van der Waals surface area contributed by atoms with Crippen molar-refractivity contribution in [3.05, 3.63) is 0 Å². The minimum absolute atomic E-state index is 0. The number of carboxylic acid groups (broad SMARTS) is 1. The summed E-state index contributed by atoms with van der Waals surface area (Å²) in [5, 5.41) is 12.3. The summed E-state index contributed by atoms with van der Waals surface area (Å²) in [6.07, 6.45) is 2.42. The fourth-order valence-corrected chi connectivity index (χ4v) is 1.37. The van der Waals surface area contributed by atoms with Gasteiger partial charge in [0.1, 0.15) is 0 Å². The van der Waals surface area contributed by atoms with Crippen LogP contribution in [0.25, 0.3) is 0 Å². The number of amides is 1. The zero-order chi connectivity index (χ0) is 13.5.